The maximum Gasteiger partial charge on any atom is 0.275 e. The van der Waals surface area contributed by atoms with Crippen LogP contribution in [0.2, 0.25) is 10.0 Å². The summed E-state index contributed by atoms with van der Waals surface area (Å²) in [6, 6.07) is 6.77. The molecule has 0 aliphatic rings. The van der Waals surface area contributed by atoms with Crippen LogP contribution in [0.5, 0.6) is 0 Å². The maximum atomic E-state index is 10.9. The molecular weight excluding hydrogens is 272 g/mol. The Labute approximate surface area is 106 Å². The van der Waals surface area contributed by atoms with Crippen molar-refractivity contribution in [2.45, 2.75) is 0 Å². The van der Waals surface area contributed by atoms with Gasteiger partial charge in [0.25, 0.3) is 5.24 Å². The van der Waals surface area contributed by atoms with E-state index >= 15 is 0 Å². The van der Waals surface area contributed by atoms with Crippen LogP contribution in [0.3, 0.4) is 0 Å². The number of aromatic nitrogens is 1. The van der Waals surface area contributed by atoms with E-state index in [1.165, 1.54) is 0 Å². The molecule has 16 heavy (non-hydrogen) atoms. The topological polar surface area (TPSA) is 43.1 Å². The number of nitrogens with zero attached hydrogens (tertiary/aromatic N) is 1. The first-order valence-electron chi connectivity index (χ1n) is 4.20. The monoisotopic (exact) mass is 275 g/mol. The van der Waals surface area contributed by atoms with Gasteiger partial charge in [-0.25, -0.2) is 0 Å². The van der Waals surface area contributed by atoms with Crippen LogP contribution in [0.25, 0.3) is 11.3 Å². The molecule has 0 radical (unpaired) electrons. The summed E-state index contributed by atoms with van der Waals surface area (Å²) in [5.74, 6) is 0.294. The van der Waals surface area contributed by atoms with E-state index in [1.54, 1.807) is 24.3 Å². The zero-order chi connectivity index (χ0) is 11.7. The maximum absolute atomic E-state index is 10.9. The van der Waals surface area contributed by atoms with Crippen LogP contribution >= 0.6 is 34.8 Å². The number of benzene rings is 1. The second-order valence-electron chi connectivity index (χ2n) is 2.95. The molecule has 0 spiro atoms. The Morgan fingerprint density at radius 1 is 1.19 bits per heavy atom. The van der Waals surface area contributed by atoms with Gasteiger partial charge in [-0.15, -0.1) is 0 Å². The van der Waals surface area contributed by atoms with Crippen LogP contribution in [0.1, 0.15) is 10.5 Å². The van der Waals surface area contributed by atoms with Crippen molar-refractivity contribution in [2.75, 3.05) is 0 Å². The third kappa shape index (κ3) is 2.07. The molecule has 2 rings (SSSR count). The first-order valence-corrected chi connectivity index (χ1v) is 5.34. The third-order valence-corrected chi connectivity index (χ3v) is 2.71. The minimum Gasteiger partial charge on any atom is -0.354 e. The van der Waals surface area contributed by atoms with E-state index in [4.69, 9.17) is 39.3 Å². The normalized spacial score (nSPS) is 10.4. The minimum atomic E-state index is -0.756. The first kappa shape index (κ1) is 11.5. The summed E-state index contributed by atoms with van der Waals surface area (Å²) < 4.78 is 4.95. The van der Waals surface area contributed by atoms with E-state index in [1.807, 2.05) is 0 Å². The predicted molar refractivity (Wildman–Crippen MR) is 62.1 cm³/mol. The van der Waals surface area contributed by atoms with E-state index in [2.05, 4.69) is 5.16 Å². The largest absolute Gasteiger partial charge is 0.354 e. The molecule has 6 heteroatoms. The van der Waals surface area contributed by atoms with Crippen molar-refractivity contribution in [1.82, 2.24) is 5.16 Å². The number of carbonyl (C=O) groups is 1. The number of carbonyl (C=O) groups excluding carboxylic acids is 1. The highest BCUT2D eigenvalue weighted by Crippen LogP contribution is 2.31. The summed E-state index contributed by atoms with van der Waals surface area (Å²) in [5, 5.41) is 3.43. The molecule has 0 atom stereocenters. The van der Waals surface area contributed by atoms with Crippen molar-refractivity contribution in [2.24, 2.45) is 0 Å². The Hall–Kier alpha value is -1.03. The van der Waals surface area contributed by atoms with Gasteiger partial charge in [-0.1, -0.05) is 28.4 Å². The van der Waals surface area contributed by atoms with Crippen molar-refractivity contribution < 1.29 is 9.32 Å². The van der Waals surface area contributed by atoms with Crippen molar-refractivity contribution in [3.63, 3.8) is 0 Å². The van der Waals surface area contributed by atoms with E-state index in [-0.39, 0.29) is 10.7 Å². The number of hydrogen-bond donors (Lipinski definition) is 0. The second kappa shape index (κ2) is 4.45. The molecule has 3 nitrogen and oxygen atoms in total. The average Bonchev–Trinajstić information content (AvgIpc) is 2.61. The van der Waals surface area contributed by atoms with Gasteiger partial charge in [0.1, 0.15) is 5.02 Å². The fourth-order valence-corrected chi connectivity index (χ4v) is 1.75. The smallest absolute Gasteiger partial charge is 0.275 e. The Bertz CT molecular complexity index is 533. The van der Waals surface area contributed by atoms with Crippen LogP contribution in [-0.4, -0.2) is 10.4 Å². The van der Waals surface area contributed by atoms with Gasteiger partial charge in [0.2, 0.25) is 0 Å². The number of rotatable bonds is 2. The lowest BCUT2D eigenvalue weighted by atomic mass is 10.1. The summed E-state index contributed by atoms with van der Waals surface area (Å²) in [6.07, 6.45) is 0. The quantitative estimate of drug-likeness (QED) is 0.778. The predicted octanol–water partition coefficient (Wildman–Crippen LogP) is 4.03. The van der Waals surface area contributed by atoms with E-state index in [9.17, 15) is 4.79 Å². The van der Waals surface area contributed by atoms with Crippen LogP contribution in [0.4, 0.5) is 0 Å². The van der Waals surface area contributed by atoms with Crippen molar-refractivity contribution in [1.29, 1.82) is 0 Å². The van der Waals surface area contributed by atoms with Gasteiger partial charge >= 0.3 is 0 Å². The molecule has 2 aromatic rings. The highest BCUT2D eigenvalue weighted by molar-refractivity contribution is 6.68. The van der Waals surface area contributed by atoms with Crippen molar-refractivity contribution in [3.05, 3.63) is 40.0 Å². The van der Waals surface area contributed by atoms with Crippen LogP contribution < -0.4 is 0 Å². The molecule has 0 aliphatic heterocycles. The molecule has 1 aromatic carbocycles. The highest BCUT2D eigenvalue weighted by Gasteiger charge is 2.19. The van der Waals surface area contributed by atoms with E-state index in [0.29, 0.717) is 16.3 Å². The molecular formula is C10H4Cl3NO2. The summed E-state index contributed by atoms with van der Waals surface area (Å²) >= 11 is 16.9. The lowest BCUT2D eigenvalue weighted by molar-refractivity contribution is 0.107. The first-order chi connectivity index (χ1) is 7.59. The molecule has 0 aliphatic carbocycles. The molecule has 0 saturated carbocycles. The summed E-state index contributed by atoms with van der Waals surface area (Å²) in [5.41, 5.74) is 0.583. The lowest BCUT2D eigenvalue weighted by Crippen LogP contribution is -1.88. The molecule has 0 bridgehead atoms. The fraction of sp³-hybridized carbons (Fsp3) is 0. The van der Waals surface area contributed by atoms with E-state index < -0.39 is 5.24 Å². The van der Waals surface area contributed by atoms with Gasteiger partial charge in [0, 0.05) is 10.6 Å². The average molecular weight is 277 g/mol. The lowest BCUT2D eigenvalue weighted by Gasteiger charge is -1.96. The Balaban J connectivity index is 2.49. The Kier molecular flexibility index (Phi) is 3.19. The van der Waals surface area contributed by atoms with Crippen LogP contribution in [0, 0.1) is 0 Å². The molecule has 0 amide bonds. The van der Waals surface area contributed by atoms with Crippen molar-refractivity contribution >= 4 is 40.0 Å². The van der Waals surface area contributed by atoms with Crippen molar-refractivity contribution in [3.8, 4) is 11.3 Å². The minimum absolute atomic E-state index is 0.0896. The van der Waals surface area contributed by atoms with Gasteiger partial charge in [0.05, 0.1) is 0 Å². The number of halogens is 3. The molecule has 0 N–H and O–H groups in total. The highest BCUT2D eigenvalue weighted by atomic mass is 35.5. The summed E-state index contributed by atoms with van der Waals surface area (Å²) in [7, 11) is 0. The zero-order valence-electron chi connectivity index (χ0n) is 7.71. The van der Waals surface area contributed by atoms with Gasteiger partial charge in [-0.3, -0.25) is 4.79 Å². The zero-order valence-corrected chi connectivity index (χ0v) is 9.97. The summed E-state index contributed by atoms with van der Waals surface area (Å²) in [6.45, 7) is 0. The SMILES string of the molecule is O=C(Cl)c1noc(-c2ccc(Cl)cc2)c1Cl. The van der Waals surface area contributed by atoms with Crippen LogP contribution in [0.15, 0.2) is 28.8 Å². The van der Waals surface area contributed by atoms with Crippen LogP contribution in [-0.2, 0) is 0 Å². The van der Waals surface area contributed by atoms with Gasteiger partial charge in [-0.05, 0) is 35.9 Å². The molecule has 0 fully saturated rings. The molecule has 1 aromatic heterocycles. The summed E-state index contributed by atoms with van der Waals surface area (Å²) in [4.78, 5) is 10.9. The molecule has 0 unspecified atom stereocenters. The third-order valence-electron chi connectivity index (χ3n) is 1.93. The second-order valence-corrected chi connectivity index (χ2v) is 4.11. The Morgan fingerprint density at radius 2 is 1.81 bits per heavy atom. The standard InChI is InChI=1S/C10H4Cl3NO2/c11-6-3-1-5(2-4-6)9-7(12)8(10(13)15)14-16-9/h1-4H. The van der Waals surface area contributed by atoms with Gasteiger partial charge < -0.3 is 4.52 Å². The molecule has 1 heterocycles. The van der Waals surface area contributed by atoms with Gasteiger partial charge in [0.15, 0.2) is 11.5 Å². The van der Waals surface area contributed by atoms with Gasteiger partial charge in [-0.2, -0.15) is 0 Å². The fourth-order valence-electron chi connectivity index (χ4n) is 1.18. The molecule has 82 valence electrons. The van der Waals surface area contributed by atoms with E-state index in [0.717, 1.165) is 0 Å². The molecule has 0 saturated heterocycles. The Morgan fingerprint density at radius 3 is 2.31 bits per heavy atom. The number of hydrogen-bond acceptors (Lipinski definition) is 3.